The lowest BCUT2D eigenvalue weighted by molar-refractivity contribution is 0.574. The minimum absolute atomic E-state index is 0.256. The molecule has 0 atom stereocenters. The van der Waals surface area contributed by atoms with Crippen LogP contribution in [0.15, 0.2) is 18.2 Å². The van der Waals surface area contributed by atoms with Gasteiger partial charge < -0.3 is 11.1 Å². The van der Waals surface area contributed by atoms with Gasteiger partial charge in [-0.05, 0) is 37.0 Å². The molecule has 1 saturated carbocycles. The van der Waals surface area contributed by atoms with Crippen LogP contribution in [0.5, 0.6) is 0 Å². The van der Waals surface area contributed by atoms with E-state index >= 15 is 0 Å². The fraction of sp³-hybridized carbons (Fsp3) is 0.500. The molecule has 1 fully saturated rings. The number of hydrogen-bond donors (Lipinski definition) is 2. The lowest BCUT2D eigenvalue weighted by Gasteiger charge is -2.12. The molecular weight excluding hydrogens is 191 g/mol. The third kappa shape index (κ3) is 2.61. The van der Waals surface area contributed by atoms with Crippen molar-refractivity contribution in [2.24, 2.45) is 5.92 Å². The van der Waals surface area contributed by atoms with Gasteiger partial charge >= 0.3 is 0 Å². The summed E-state index contributed by atoms with van der Waals surface area (Å²) in [6, 6.07) is 4.79. The first-order valence-corrected chi connectivity index (χ1v) is 5.54. The summed E-state index contributed by atoms with van der Waals surface area (Å²) in [5, 5.41) is 3.15. The fourth-order valence-electron chi connectivity index (χ4n) is 2.14. The molecule has 2 rings (SSSR count). The summed E-state index contributed by atoms with van der Waals surface area (Å²) in [7, 11) is 0. The minimum atomic E-state index is -0.256. The second kappa shape index (κ2) is 4.51. The standard InChI is InChI=1S/C12H17FN2/c13-11-7-10(14)5-6-12(11)15-8-9-3-1-2-4-9/h5-7,9,15H,1-4,8,14H2. The van der Waals surface area contributed by atoms with Crippen LogP contribution < -0.4 is 11.1 Å². The van der Waals surface area contributed by atoms with Crippen molar-refractivity contribution in [2.45, 2.75) is 25.7 Å². The van der Waals surface area contributed by atoms with Crippen molar-refractivity contribution in [3.05, 3.63) is 24.0 Å². The molecule has 1 aromatic rings. The second-order valence-electron chi connectivity index (χ2n) is 4.27. The van der Waals surface area contributed by atoms with E-state index in [4.69, 9.17) is 5.73 Å². The van der Waals surface area contributed by atoms with Gasteiger partial charge in [-0.1, -0.05) is 12.8 Å². The van der Waals surface area contributed by atoms with E-state index in [1.807, 2.05) is 0 Å². The number of hydrogen-bond acceptors (Lipinski definition) is 2. The molecule has 0 radical (unpaired) electrons. The number of nitrogens with one attached hydrogen (secondary N) is 1. The number of nitrogen functional groups attached to an aromatic ring is 1. The number of rotatable bonds is 3. The molecule has 0 aliphatic heterocycles. The van der Waals surface area contributed by atoms with Crippen molar-refractivity contribution < 1.29 is 4.39 Å². The van der Waals surface area contributed by atoms with E-state index in [0.29, 0.717) is 17.3 Å². The van der Waals surface area contributed by atoms with Crippen molar-refractivity contribution in [1.29, 1.82) is 0 Å². The summed E-state index contributed by atoms with van der Waals surface area (Å²) >= 11 is 0. The van der Waals surface area contributed by atoms with Gasteiger partial charge in [0.1, 0.15) is 5.82 Å². The largest absolute Gasteiger partial charge is 0.399 e. The highest BCUT2D eigenvalue weighted by molar-refractivity contribution is 5.52. The summed E-state index contributed by atoms with van der Waals surface area (Å²) in [5.41, 5.74) is 6.52. The maximum atomic E-state index is 13.4. The van der Waals surface area contributed by atoms with E-state index in [1.165, 1.54) is 31.7 Å². The van der Waals surface area contributed by atoms with Crippen molar-refractivity contribution in [3.8, 4) is 0 Å². The Balaban J connectivity index is 1.92. The Hall–Kier alpha value is -1.25. The Morgan fingerprint density at radius 1 is 1.33 bits per heavy atom. The lowest BCUT2D eigenvalue weighted by atomic mass is 10.1. The van der Waals surface area contributed by atoms with E-state index in [1.54, 1.807) is 12.1 Å². The predicted molar refractivity (Wildman–Crippen MR) is 61.3 cm³/mol. The van der Waals surface area contributed by atoms with Crippen LogP contribution in [0.3, 0.4) is 0 Å². The number of nitrogens with two attached hydrogens (primary N) is 1. The smallest absolute Gasteiger partial charge is 0.148 e. The van der Waals surface area contributed by atoms with E-state index in [9.17, 15) is 4.39 Å². The van der Waals surface area contributed by atoms with Crippen LogP contribution in [0.4, 0.5) is 15.8 Å². The SMILES string of the molecule is Nc1ccc(NCC2CCCC2)c(F)c1. The van der Waals surface area contributed by atoms with E-state index in [2.05, 4.69) is 5.32 Å². The summed E-state index contributed by atoms with van der Waals surface area (Å²) in [6.45, 7) is 0.876. The van der Waals surface area contributed by atoms with Gasteiger partial charge in [-0.2, -0.15) is 0 Å². The van der Waals surface area contributed by atoms with Gasteiger partial charge in [-0.3, -0.25) is 0 Å². The van der Waals surface area contributed by atoms with Crippen LogP contribution in [-0.4, -0.2) is 6.54 Å². The van der Waals surface area contributed by atoms with E-state index in [-0.39, 0.29) is 5.82 Å². The second-order valence-corrected chi connectivity index (χ2v) is 4.27. The van der Waals surface area contributed by atoms with E-state index in [0.717, 1.165) is 6.54 Å². The molecule has 1 aliphatic carbocycles. The number of halogens is 1. The molecule has 3 heteroatoms. The first kappa shape index (κ1) is 10.3. The zero-order chi connectivity index (χ0) is 10.7. The average Bonchev–Trinajstić information content (AvgIpc) is 2.69. The molecule has 0 aromatic heterocycles. The van der Waals surface area contributed by atoms with Gasteiger partial charge in [-0.15, -0.1) is 0 Å². The van der Waals surface area contributed by atoms with Gasteiger partial charge in [0.15, 0.2) is 0 Å². The van der Waals surface area contributed by atoms with Crippen molar-refractivity contribution in [3.63, 3.8) is 0 Å². The molecule has 1 aliphatic rings. The molecule has 15 heavy (non-hydrogen) atoms. The average molecular weight is 208 g/mol. The van der Waals surface area contributed by atoms with Crippen LogP contribution in [0.2, 0.25) is 0 Å². The van der Waals surface area contributed by atoms with Crippen molar-refractivity contribution in [1.82, 2.24) is 0 Å². The Morgan fingerprint density at radius 2 is 2.07 bits per heavy atom. The number of anilines is 2. The van der Waals surface area contributed by atoms with Crippen molar-refractivity contribution >= 4 is 11.4 Å². The molecule has 82 valence electrons. The van der Waals surface area contributed by atoms with Crippen LogP contribution in [0.25, 0.3) is 0 Å². The first-order chi connectivity index (χ1) is 7.25. The highest BCUT2D eigenvalue weighted by Gasteiger charge is 2.14. The summed E-state index contributed by atoms with van der Waals surface area (Å²) in [4.78, 5) is 0. The highest BCUT2D eigenvalue weighted by Crippen LogP contribution is 2.25. The Labute approximate surface area is 89.7 Å². The zero-order valence-corrected chi connectivity index (χ0v) is 8.80. The van der Waals surface area contributed by atoms with Gasteiger partial charge in [0, 0.05) is 12.2 Å². The third-order valence-electron chi connectivity index (χ3n) is 3.05. The molecule has 1 aromatic carbocycles. The number of benzene rings is 1. The van der Waals surface area contributed by atoms with Crippen LogP contribution in [0.1, 0.15) is 25.7 Å². The fourth-order valence-corrected chi connectivity index (χ4v) is 2.14. The Morgan fingerprint density at radius 3 is 2.73 bits per heavy atom. The predicted octanol–water partition coefficient (Wildman–Crippen LogP) is 3.01. The van der Waals surface area contributed by atoms with Gasteiger partial charge in [0.2, 0.25) is 0 Å². The monoisotopic (exact) mass is 208 g/mol. The minimum Gasteiger partial charge on any atom is -0.399 e. The highest BCUT2D eigenvalue weighted by atomic mass is 19.1. The lowest BCUT2D eigenvalue weighted by Crippen LogP contribution is -2.11. The van der Waals surface area contributed by atoms with Gasteiger partial charge in [-0.25, -0.2) is 4.39 Å². The maximum Gasteiger partial charge on any atom is 0.148 e. The summed E-state index contributed by atoms with van der Waals surface area (Å²) in [6.07, 6.45) is 5.17. The van der Waals surface area contributed by atoms with Gasteiger partial charge in [0.05, 0.1) is 5.69 Å². The molecule has 0 spiro atoms. The van der Waals surface area contributed by atoms with Crippen LogP contribution >= 0.6 is 0 Å². The Kier molecular flexibility index (Phi) is 3.09. The molecule has 3 N–H and O–H groups in total. The molecule has 2 nitrogen and oxygen atoms in total. The first-order valence-electron chi connectivity index (χ1n) is 5.54. The molecule has 0 unspecified atom stereocenters. The normalized spacial score (nSPS) is 16.9. The molecule has 0 heterocycles. The quantitative estimate of drug-likeness (QED) is 0.749. The molecule has 0 amide bonds. The molecule has 0 saturated heterocycles. The van der Waals surface area contributed by atoms with E-state index < -0.39 is 0 Å². The van der Waals surface area contributed by atoms with Crippen LogP contribution in [0, 0.1) is 11.7 Å². The van der Waals surface area contributed by atoms with Crippen molar-refractivity contribution in [2.75, 3.05) is 17.6 Å². The summed E-state index contributed by atoms with van der Waals surface area (Å²) in [5.74, 6) is 0.454. The molecule has 0 bridgehead atoms. The Bertz CT molecular complexity index is 332. The van der Waals surface area contributed by atoms with Crippen LogP contribution in [-0.2, 0) is 0 Å². The third-order valence-corrected chi connectivity index (χ3v) is 3.05. The summed E-state index contributed by atoms with van der Waals surface area (Å²) < 4.78 is 13.4. The molecular formula is C12H17FN2. The van der Waals surface area contributed by atoms with Gasteiger partial charge in [0.25, 0.3) is 0 Å². The topological polar surface area (TPSA) is 38.0 Å². The maximum absolute atomic E-state index is 13.4. The zero-order valence-electron chi connectivity index (χ0n) is 8.80.